The monoisotopic (exact) mass is 405 g/mol. The molecule has 0 aliphatic rings. The van der Waals surface area contributed by atoms with Crippen LogP contribution in [0.2, 0.25) is 0 Å². The van der Waals surface area contributed by atoms with Crippen molar-refractivity contribution < 1.29 is 9.21 Å². The molecule has 4 aromatic rings. The first kappa shape index (κ1) is 19.5. The second kappa shape index (κ2) is 8.28. The highest BCUT2D eigenvalue weighted by molar-refractivity contribution is 5.89. The van der Waals surface area contributed by atoms with Gasteiger partial charge in [-0.05, 0) is 29.8 Å². The molecule has 0 bridgehead atoms. The summed E-state index contributed by atoms with van der Waals surface area (Å²) in [6.07, 6.45) is 1.80. The number of rotatable bonds is 7. The van der Waals surface area contributed by atoms with Crippen molar-refractivity contribution in [2.75, 3.05) is 24.3 Å². The predicted octanol–water partition coefficient (Wildman–Crippen LogP) is 2.93. The summed E-state index contributed by atoms with van der Waals surface area (Å²) in [5.74, 6) is -0.0480. The number of aryl methyl sites for hydroxylation is 1. The first-order valence-corrected chi connectivity index (χ1v) is 9.67. The lowest BCUT2D eigenvalue weighted by molar-refractivity contribution is -0.116. The van der Waals surface area contributed by atoms with Crippen LogP contribution in [-0.2, 0) is 17.9 Å². The van der Waals surface area contributed by atoms with Gasteiger partial charge in [0.05, 0.1) is 18.3 Å². The number of nitrogens with zero attached hydrogens (tertiary/aromatic N) is 4. The van der Waals surface area contributed by atoms with Crippen molar-refractivity contribution in [3.63, 3.8) is 0 Å². The highest BCUT2D eigenvalue weighted by Gasteiger charge is 2.12. The van der Waals surface area contributed by atoms with Crippen LogP contribution in [0.15, 0.2) is 70.0 Å². The van der Waals surface area contributed by atoms with E-state index in [0.717, 1.165) is 11.3 Å². The third-order valence-corrected chi connectivity index (χ3v) is 4.91. The lowest BCUT2D eigenvalue weighted by Gasteiger charge is -2.13. The molecule has 0 fully saturated rings. The molecule has 4 rings (SSSR count). The van der Waals surface area contributed by atoms with Gasteiger partial charge in [-0.1, -0.05) is 24.3 Å². The molecule has 0 aliphatic carbocycles. The van der Waals surface area contributed by atoms with Crippen molar-refractivity contribution in [3.05, 3.63) is 76.9 Å². The Morgan fingerprint density at radius 2 is 1.87 bits per heavy atom. The van der Waals surface area contributed by atoms with Crippen LogP contribution in [0, 0.1) is 0 Å². The Kier molecular flexibility index (Phi) is 5.38. The van der Waals surface area contributed by atoms with Gasteiger partial charge in [-0.15, -0.1) is 0 Å². The quantitative estimate of drug-likeness (QED) is 0.511. The molecule has 30 heavy (non-hydrogen) atoms. The average Bonchev–Trinajstić information content (AvgIpc) is 3.29. The fourth-order valence-electron chi connectivity index (χ4n) is 3.28. The van der Waals surface area contributed by atoms with Gasteiger partial charge >= 0.3 is 5.76 Å². The molecule has 0 saturated heterocycles. The third-order valence-electron chi connectivity index (χ3n) is 4.91. The maximum atomic E-state index is 12.5. The van der Waals surface area contributed by atoms with E-state index < -0.39 is 5.76 Å². The van der Waals surface area contributed by atoms with E-state index in [9.17, 15) is 9.59 Å². The molecule has 0 atom stereocenters. The molecule has 0 radical (unpaired) electrons. The SMILES string of the molecule is CN(C)c1ccc(Cn2nccc2NC(=O)CCn2c(=O)oc3ccccc32)cc1. The van der Waals surface area contributed by atoms with Crippen LogP contribution in [0.1, 0.15) is 12.0 Å². The first-order valence-electron chi connectivity index (χ1n) is 9.67. The van der Waals surface area contributed by atoms with Crippen LogP contribution in [0.4, 0.5) is 11.5 Å². The minimum atomic E-state index is -0.463. The Hall–Kier alpha value is -3.81. The van der Waals surface area contributed by atoms with Gasteiger partial charge in [0.1, 0.15) is 5.82 Å². The molecule has 154 valence electrons. The van der Waals surface area contributed by atoms with Crippen molar-refractivity contribution in [1.29, 1.82) is 0 Å². The zero-order valence-electron chi connectivity index (χ0n) is 16.9. The van der Waals surface area contributed by atoms with Gasteiger partial charge in [-0.2, -0.15) is 5.10 Å². The summed E-state index contributed by atoms with van der Waals surface area (Å²) >= 11 is 0. The van der Waals surface area contributed by atoms with Crippen LogP contribution in [0.5, 0.6) is 0 Å². The van der Waals surface area contributed by atoms with Gasteiger partial charge in [-0.25, -0.2) is 9.48 Å². The summed E-state index contributed by atoms with van der Waals surface area (Å²) in [4.78, 5) is 26.6. The van der Waals surface area contributed by atoms with Crippen molar-refractivity contribution in [2.45, 2.75) is 19.5 Å². The zero-order chi connectivity index (χ0) is 21.1. The van der Waals surface area contributed by atoms with E-state index in [1.807, 2.05) is 49.3 Å². The lowest BCUT2D eigenvalue weighted by atomic mass is 10.2. The number of nitrogens with one attached hydrogen (secondary N) is 1. The van der Waals surface area contributed by atoms with Crippen LogP contribution in [0.3, 0.4) is 0 Å². The highest BCUT2D eigenvalue weighted by atomic mass is 16.4. The van der Waals surface area contributed by atoms with Crippen LogP contribution in [-0.4, -0.2) is 34.4 Å². The summed E-state index contributed by atoms with van der Waals surface area (Å²) in [6.45, 7) is 0.782. The molecule has 8 nitrogen and oxygen atoms in total. The standard InChI is InChI=1S/C22H23N5O3/c1-25(2)17-9-7-16(8-10-17)15-27-20(11-13-23-27)24-21(28)12-14-26-18-5-3-4-6-19(18)30-22(26)29/h3-11,13H,12,14-15H2,1-2H3,(H,24,28). The number of aromatic nitrogens is 3. The minimum Gasteiger partial charge on any atom is -0.408 e. The number of fused-ring (bicyclic) bond motifs is 1. The number of carbonyl (C=O) groups excluding carboxylic acids is 1. The number of anilines is 2. The first-order chi connectivity index (χ1) is 14.5. The average molecular weight is 405 g/mol. The second-order valence-corrected chi connectivity index (χ2v) is 7.22. The van der Waals surface area contributed by atoms with Gasteiger partial charge in [0.2, 0.25) is 5.91 Å². The fourth-order valence-corrected chi connectivity index (χ4v) is 3.28. The molecule has 2 heterocycles. The molecular formula is C22H23N5O3. The van der Waals surface area contributed by atoms with Crippen LogP contribution < -0.4 is 16.0 Å². The number of benzene rings is 2. The second-order valence-electron chi connectivity index (χ2n) is 7.22. The summed E-state index contributed by atoms with van der Waals surface area (Å²) < 4.78 is 8.41. The number of para-hydroxylation sites is 2. The van der Waals surface area contributed by atoms with Crippen molar-refractivity contribution in [1.82, 2.24) is 14.3 Å². The number of oxazole rings is 1. The molecule has 8 heteroatoms. The molecule has 0 aliphatic heterocycles. The highest BCUT2D eigenvalue weighted by Crippen LogP contribution is 2.16. The topological polar surface area (TPSA) is 85.3 Å². The molecule has 2 aromatic heterocycles. The maximum absolute atomic E-state index is 12.5. The summed E-state index contributed by atoms with van der Waals surface area (Å²) in [5.41, 5.74) is 3.40. The van der Waals surface area contributed by atoms with Crippen molar-refractivity contribution in [3.8, 4) is 0 Å². The van der Waals surface area contributed by atoms with Crippen molar-refractivity contribution >= 4 is 28.5 Å². The summed E-state index contributed by atoms with van der Waals surface area (Å²) in [5, 5.41) is 7.19. The van der Waals surface area contributed by atoms with Gasteiger partial charge in [0, 0.05) is 38.8 Å². The number of carbonyl (C=O) groups is 1. The Morgan fingerprint density at radius 1 is 1.10 bits per heavy atom. The molecule has 2 aromatic carbocycles. The van der Waals surface area contributed by atoms with Crippen molar-refractivity contribution in [2.24, 2.45) is 0 Å². The third kappa shape index (κ3) is 4.12. The molecule has 1 N–H and O–H groups in total. The van der Waals surface area contributed by atoms with E-state index in [2.05, 4.69) is 10.4 Å². The summed E-state index contributed by atoms with van der Waals surface area (Å²) in [6, 6.07) is 17.1. The van der Waals surface area contributed by atoms with E-state index in [-0.39, 0.29) is 18.9 Å². The Morgan fingerprint density at radius 3 is 2.63 bits per heavy atom. The molecule has 1 amide bonds. The largest absolute Gasteiger partial charge is 0.419 e. The van der Waals surface area contributed by atoms with E-state index in [4.69, 9.17) is 4.42 Å². The lowest BCUT2D eigenvalue weighted by Crippen LogP contribution is -2.21. The minimum absolute atomic E-state index is 0.145. The van der Waals surface area contributed by atoms with E-state index >= 15 is 0 Å². The van der Waals surface area contributed by atoms with Gasteiger partial charge < -0.3 is 14.6 Å². The smallest absolute Gasteiger partial charge is 0.408 e. The van der Waals surface area contributed by atoms with Gasteiger partial charge in [0.15, 0.2) is 5.58 Å². The number of hydrogen-bond acceptors (Lipinski definition) is 5. The Labute approximate surface area is 173 Å². The van der Waals surface area contributed by atoms with E-state index in [1.54, 1.807) is 35.1 Å². The zero-order valence-corrected chi connectivity index (χ0v) is 16.9. The molecular weight excluding hydrogens is 382 g/mol. The van der Waals surface area contributed by atoms with E-state index in [0.29, 0.717) is 23.5 Å². The summed E-state index contributed by atoms with van der Waals surface area (Å²) in [7, 11) is 3.99. The normalized spacial score (nSPS) is 11.0. The predicted molar refractivity (Wildman–Crippen MR) is 116 cm³/mol. The van der Waals surface area contributed by atoms with Crippen LogP contribution in [0.25, 0.3) is 11.1 Å². The molecule has 0 spiro atoms. The number of hydrogen-bond donors (Lipinski definition) is 1. The maximum Gasteiger partial charge on any atom is 0.419 e. The molecule has 0 unspecified atom stereocenters. The van der Waals surface area contributed by atoms with Gasteiger partial charge in [0.25, 0.3) is 0 Å². The fraction of sp³-hybridized carbons (Fsp3) is 0.227. The van der Waals surface area contributed by atoms with E-state index in [1.165, 1.54) is 4.57 Å². The van der Waals surface area contributed by atoms with Crippen LogP contribution >= 0.6 is 0 Å². The number of amides is 1. The molecule has 0 saturated carbocycles. The van der Waals surface area contributed by atoms with Gasteiger partial charge in [-0.3, -0.25) is 9.36 Å². The Bertz CT molecular complexity index is 1220. The Balaban J connectivity index is 1.40.